The topological polar surface area (TPSA) is 87.5 Å². The third-order valence-corrected chi connectivity index (χ3v) is 6.44. The van der Waals surface area contributed by atoms with Crippen molar-refractivity contribution in [2.75, 3.05) is 31.1 Å². The number of aromatic nitrogens is 2. The maximum absolute atomic E-state index is 13.3. The van der Waals surface area contributed by atoms with Crippen LogP contribution in [-0.2, 0) is 16.1 Å². The van der Waals surface area contributed by atoms with Gasteiger partial charge in [-0.1, -0.05) is 12.1 Å². The molecule has 172 valence electrons. The Morgan fingerprint density at radius 1 is 1.09 bits per heavy atom. The lowest BCUT2D eigenvalue weighted by atomic mass is 9.95. The Labute approximate surface area is 188 Å². The summed E-state index contributed by atoms with van der Waals surface area (Å²) in [6, 6.07) is 7.74. The minimum absolute atomic E-state index is 0.0308. The molecule has 1 aromatic carbocycles. The van der Waals surface area contributed by atoms with Crippen LogP contribution in [0.3, 0.4) is 0 Å². The third kappa shape index (κ3) is 4.79. The van der Waals surface area contributed by atoms with E-state index in [0.717, 1.165) is 37.0 Å². The molecule has 4 rings (SSSR count). The molecule has 0 spiro atoms. The van der Waals surface area contributed by atoms with E-state index in [1.54, 1.807) is 4.57 Å². The van der Waals surface area contributed by atoms with E-state index in [0.29, 0.717) is 38.3 Å². The molecule has 2 saturated heterocycles. The Balaban J connectivity index is 1.44. The van der Waals surface area contributed by atoms with Crippen molar-refractivity contribution in [3.63, 3.8) is 0 Å². The number of amides is 2. The molecule has 1 aromatic heterocycles. The Morgan fingerprint density at radius 3 is 2.47 bits per heavy atom. The highest BCUT2D eigenvalue weighted by atomic mass is 16.2. The van der Waals surface area contributed by atoms with Crippen LogP contribution in [-0.4, -0.2) is 58.5 Å². The predicted octanol–water partition coefficient (Wildman–Crippen LogP) is 2.15. The maximum Gasteiger partial charge on any atom is 0.294 e. The van der Waals surface area contributed by atoms with E-state index in [2.05, 4.69) is 15.2 Å². The van der Waals surface area contributed by atoms with E-state index in [4.69, 9.17) is 0 Å². The number of hydrogen-bond acceptors (Lipinski definition) is 5. The average molecular weight is 440 g/mol. The van der Waals surface area contributed by atoms with Gasteiger partial charge in [-0.25, -0.2) is 4.98 Å². The fraction of sp³-hybridized carbons (Fsp3) is 0.583. The molecule has 8 nitrogen and oxygen atoms in total. The molecule has 0 unspecified atom stereocenters. The lowest BCUT2D eigenvalue weighted by Gasteiger charge is -2.32. The minimum Gasteiger partial charge on any atom is -0.354 e. The number of nitrogens with zero attached hydrogens (tertiary/aromatic N) is 4. The highest BCUT2D eigenvalue weighted by Gasteiger charge is 2.28. The van der Waals surface area contributed by atoms with Crippen LogP contribution in [0.25, 0.3) is 11.0 Å². The summed E-state index contributed by atoms with van der Waals surface area (Å²) in [6.45, 7) is 7.10. The first-order chi connectivity index (χ1) is 15.4. The zero-order valence-corrected chi connectivity index (χ0v) is 19.0. The average Bonchev–Trinajstić information content (AvgIpc) is 3.32. The molecule has 0 aliphatic carbocycles. The molecule has 2 amide bonds. The molecule has 8 heteroatoms. The number of hydrogen-bond donors (Lipinski definition) is 1. The SMILES string of the molecule is CC(C)NC(=O)C1CCN(C(=O)CCn2c(=O)c(N3CCCC3)nc3ccccc32)CC1. The smallest absolute Gasteiger partial charge is 0.294 e. The fourth-order valence-corrected chi connectivity index (χ4v) is 4.69. The molecule has 0 bridgehead atoms. The van der Waals surface area contributed by atoms with Crippen LogP contribution in [0.15, 0.2) is 29.1 Å². The van der Waals surface area contributed by atoms with Crippen molar-refractivity contribution in [1.82, 2.24) is 19.8 Å². The summed E-state index contributed by atoms with van der Waals surface area (Å²) >= 11 is 0. The fourth-order valence-electron chi connectivity index (χ4n) is 4.69. The molecule has 0 radical (unpaired) electrons. The van der Waals surface area contributed by atoms with Gasteiger partial charge in [0.2, 0.25) is 11.8 Å². The number of rotatable bonds is 6. The number of likely N-dealkylation sites (tertiary alicyclic amines) is 1. The van der Waals surface area contributed by atoms with Crippen LogP contribution in [0.1, 0.15) is 46.0 Å². The Kier molecular flexibility index (Phi) is 6.77. The number of nitrogens with one attached hydrogen (secondary N) is 1. The first-order valence-corrected chi connectivity index (χ1v) is 11.8. The number of benzene rings is 1. The van der Waals surface area contributed by atoms with E-state index in [1.165, 1.54) is 0 Å². The molecule has 1 N–H and O–H groups in total. The monoisotopic (exact) mass is 439 g/mol. The first kappa shape index (κ1) is 22.3. The van der Waals surface area contributed by atoms with E-state index < -0.39 is 0 Å². The summed E-state index contributed by atoms with van der Waals surface area (Å²) in [5.74, 6) is 0.571. The van der Waals surface area contributed by atoms with Crippen molar-refractivity contribution in [3.05, 3.63) is 34.6 Å². The number of fused-ring (bicyclic) bond motifs is 1. The zero-order chi connectivity index (χ0) is 22.7. The summed E-state index contributed by atoms with van der Waals surface area (Å²) in [5.41, 5.74) is 1.42. The standard InChI is InChI=1S/C24H33N5O3/c1-17(2)25-23(31)18-9-14-27(15-10-18)21(30)11-16-29-20-8-4-3-7-19(20)26-22(24(29)32)28-12-5-6-13-28/h3-4,7-8,17-18H,5-6,9-16H2,1-2H3,(H,25,31). The van der Waals surface area contributed by atoms with Gasteiger partial charge in [-0.15, -0.1) is 0 Å². The van der Waals surface area contributed by atoms with Gasteiger partial charge in [0.25, 0.3) is 5.56 Å². The molecule has 0 saturated carbocycles. The van der Waals surface area contributed by atoms with Gasteiger partial charge in [0.1, 0.15) is 0 Å². The van der Waals surface area contributed by atoms with E-state index in [-0.39, 0.29) is 35.8 Å². The van der Waals surface area contributed by atoms with Gasteiger partial charge < -0.3 is 19.7 Å². The van der Waals surface area contributed by atoms with Gasteiger partial charge in [-0.05, 0) is 51.7 Å². The van der Waals surface area contributed by atoms with Crippen LogP contribution in [0, 0.1) is 5.92 Å². The zero-order valence-electron chi connectivity index (χ0n) is 19.0. The van der Waals surface area contributed by atoms with Crippen LogP contribution in [0.5, 0.6) is 0 Å². The maximum atomic E-state index is 13.3. The van der Waals surface area contributed by atoms with Crippen molar-refractivity contribution in [1.29, 1.82) is 0 Å². The van der Waals surface area contributed by atoms with Gasteiger partial charge in [0.15, 0.2) is 5.82 Å². The number of carbonyl (C=O) groups excluding carboxylic acids is 2. The van der Waals surface area contributed by atoms with Crippen LogP contribution in [0.4, 0.5) is 5.82 Å². The molecule has 3 heterocycles. The first-order valence-electron chi connectivity index (χ1n) is 11.8. The molecule has 32 heavy (non-hydrogen) atoms. The molecule has 2 aliphatic rings. The summed E-state index contributed by atoms with van der Waals surface area (Å²) in [7, 11) is 0. The van der Waals surface area contributed by atoms with Crippen molar-refractivity contribution in [2.24, 2.45) is 5.92 Å². The van der Waals surface area contributed by atoms with E-state index in [1.807, 2.05) is 43.0 Å². The summed E-state index contributed by atoms with van der Waals surface area (Å²) < 4.78 is 1.71. The van der Waals surface area contributed by atoms with Gasteiger partial charge in [-0.2, -0.15) is 0 Å². The Bertz CT molecular complexity index is 1030. The van der Waals surface area contributed by atoms with Crippen LogP contribution >= 0.6 is 0 Å². The second kappa shape index (κ2) is 9.71. The van der Waals surface area contributed by atoms with Gasteiger partial charge in [-0.3, -0.25) is 14.4 Å². The van der Waals surface area contributed by atoms with Crippen molar-refractivity contribution < 1.29 is 9.59 Å². The number of para-hydroxylation sites is 2. The second-order valence-electron chi connectivity index (χ2n) is 9.14. The third-order valence-electron chi connectivity index (χ3n) is 6.44. The van der Waals surface area contributed by atoms with Gasteiger partial charge in [0, 0.05) is 51.1 Å². The van der Waals surface area contributed by atoms with Crippen molar-refractivity contribution in [2.45, 2.75) is 58.5 Å². The molecular formula is C24H33N5O3. The Hall–Kier alpha value is -2.90. The molecule has 2 aliphatic heterocycles. The lowest BCUT2D eigenvalue weighted by molar-refractivity contribution is -0.136. The van der Waals surface area contributed by atoms with Crippen molar-refractivity contribution >= 4 is 28.7 Å². The van der Waals surface area contributed by atoms with Crippen LogP contribution in [0.2, 0.25) is 0 Å². The summed E-state index contributed by atoms with van der Waals surface area (Å²) in [6.07, 6.45) is 3.76. The summed E-state index contributed by atoms with van der Waals surface area (Å²) in [5, 5.41) is 2.96. The van der Waals surface area contributed by atoms with Gasteiger partial charge >= 0.3 is 0 Å². The largest absolute Gasteiger partial charge is 0.354 e. The molecule has 2 fully saturated rings. The number of aryl methyl sites for hydroxylation is 1. The van der Waals surface area contributed by atoms with Gasteiger partial charge in [0.05, 0.1) is 11.0 Å². The number of anilines is 1. The Morgan fingerprint density at radius 2 is 1.78 bits per heavy atom. The minimum atomic E-state index is -0.123. The highest BCUT2D eigenvalue weighted by molar-refractivity contribution is 5.80. The normalized spacial score (nSPS) is 17.3. The molecule has 0 atom stereocenters. The second-order valence-corrected chi connectivity index (χ2v) is 9.14. The predicted molar refractivity (Wildman–Crippen MR) is 125 cm³/mol. The van der Waals surface area contributed by atoms with E-state index in [9.17, 15) is 14.4 Å². The molecule has 2 aromatic rings. The summed E-state index contributed by atoms with van der Waals surface area (Å²) in [4.78, 5) is 46.9. The number of piperidine rings is 1. The van der Waals surface area contributed by atoms with Crippen molar-refractivity contribution in [3.8, 4) is 0 Å². The quantitative estimate of drug-likeness (QED) is 0.745. The van der Waals surface area contributed by atoms with Crippen LogP contribution < -0.4 is 15.8 Å². The lowest BCUT2D eigenvalue weighted by Crippen LogP contribution is -2.44. The highest BCUT2D eigenvalue weighted by Crippen LogP contribution is 2.20. The number of carbonyl (C=O) groups is 2. The molecular weight excluding hydrogens is 406 g/mol. The van der Waals surface area contributed by atoms with E-state index >= 15 is 0 Å².